The number of likely N-dealkylation sites (tertiary alicyclic amines) is 1. The van der Waals surface area contributed by atoms with Crippen LogP contribution in [0.1, 0.15) is 28.8 Å². The van der Waals surface area contributed by atoms with E-state index in [1.54, 1.807) is 0 Å². The monoisotopic (exact) mass is 424 g/mol. The van der Waals surface area contributed by atoms with Gasteiger partial charge in [0.1, 0.15) is 5.69 Å². The van der Waals surface area contributed by atoms with Crippen molar-refractivity contribution in [3.63, 3.8) is 0 Å². The maximum Gasteiger partial charge on any atom is 0.257 e. The van der Waals surface area contributed by atoms with Crippen LogP contribution in [0.25, 0.3) is 16.9 Å². The zero-order valence-corrected chi connectivity index (χ0v) is 18.6. The Hall–Kier alpha value is -2.63. The van der Waals surface area contributed by atoms with Crippen molar-refractivity contribution in [2.24, 2.45) is 0 Å². The lowest BCUT2D eigenvalue weighted by Gasteiger charge is -2.35. The van der Waals surface area contributed by atoms with Gasteiger partial charge in [0, 0.05) is 24.8 Å². The Morgan fingerprint density at radius 3 is 2.30 bits per heavy atom. The van der Waals surface area contributed by atoms with E-state index in [2.05, 4.69) is 31.0 Å². The van der Waals surface area contributed by atoms with Crippen molar-refractivity contribution in [1.82, 2.24) is 19.6 Å². The van der Waals surface area contributed by atoms with Gasteiger partial charge in [0.2, 0.25) is 0 Å². The summed E-state index contributed by atoms with van der Waals surface area (Å²) in [6.45, 7) is 4.11. The SMILES string of the molecule is Cc1ccc(-c2nn(-c3ccccc3)cc2C(=O)N(C)C2CCN(C)CC2)cc1.Cl. The zero-order valence-electron chi connectivity index (χ0n) is 17.8. The van der Waals surface area contributed by atoms with Gasteiger partial charge in [-0.2, -0.15) is 5.10 Å². The molecule has 6 heteroatoms. The second kappa shape index (κ2) is 9.45. The standard InChI is InChI=1S/C24H28N4O.ClH/c1-18-9-11-19(12-10-18)23-22(17-28(25-23)21-7-5-4-6-8-21)24(29)27(3)20-13-15-26(2)16-14-20;/h4-12,17,20H,13-16H2,1-3H3;1H. The molecule has 1 saturated heterocycles. The summed E-state index contributed by atoms with van der Waals surface area (Å²) in [6.07, 6.45) is 3.88. The second-order valence-corrected chi connectivity index (χ2v) is 7.99. The van der Waals surface area contributed by atoms with Gasteiger partial charge in [0.25, 0.3) is 5.91 Å². The molecule has 0 atom stereocenters. The van der Waals surface area contributed by atoms with E-state index >= 15 is 0 Å². The quantitative estimate of drug-likeness (QED) is 0.621. The highest BCUT2D eigenvalue weighted by molar-refractivity contribution is 6.00. The molecule has 1 aliphatic rings. The molecule has 1 amide bonds. The van der Waals surface area contributed by atoms with Crippen molar-refractivity contribution in [3.05, 3.63) is 71.9 Å². The first-order chi connectivity index (χ1) is 14.0. The van der Waals surface area contributed by atoms with Crippen molar-refractivity contribution in [2.45, 2.75) is 25.8 Å². The minimum atomic E-state index is 0. The molecule has 2 heterocycles. The molecule has 0 unspecified atom stereocenters. The number of piperidine rings is 1. The third kappa shape index (κ3) is 4.58. The highest BCUT2D eigenvalue weighted by atomic mass is 35.5. The Morgan fingerprint density at radius 2 is 1.67 bits per heavy atom. The summed E-state index contributed by atoms with van der Waals surface area (Å²) in [5.41, 5.74) is 4.48. The largest absolute Gasteiger partial charge is 0.339 e. The summed E-state index contributed by atoms with van der Waals surface area (Å²) in [5, 5.41) is 4.80. The predicted molar refractivity (Wildman–Crippen MR) is 124 cm³/mol. The Morgan fingerprint density at radius 1 is 1.03 bits per heavy atom. The molecule has 4 rings (SSSR count). The van der Waals surface area contributed by atoms with E-state index < -0.39 is 0 Å². The molecule has 1 aromatic heterocycles. The summed E-state index contributed by atoms with van der Waals surface area (Å²) >= 11 is 0. The second-order valence-electron chi connectivity index (χ2n) is 7.99. The number of nitrogens with zero attached hydrogens (tertiary/aromatic N) is 4. The van der Waals surface area contributed by atoms with Gasteiger partial charge in [-0.15, -0.1) is 12.4 Å². The third-order valence-electron chi connectivity index (χ3n) is 5.85. The molecule has 0 radical (unpaired) electrons. The van der Waals surface area contributed by atoms with Crippen LogP contribution in [0.15, 0.2) is 60.8 Å². The number of aromatic nitrogens is 2. The van der Waals surface area contributed by atoms with Gasteiger partial charge < -0.3 is 9.80 Å². The van der Waals surface area contributed by atoms with Crippen molar-refractivity contribution >= 4 is 18.3 Å². The number of para-hydroxylation sites is 1. The van der Waals surface area contributed by atoms with E-state index in [1.807, 2.05) is 65.3 Å². The lowest BCUT2D eigenvalue weighted by Crippen LogP contribution is -2.44. The molecular weight excluding hydrogens is 396 g/mol. The van der Waals surface area contributed by atoms with Crippen LogP contribution in [-0.2, 0) is 0 Å². The highest BCUT2D eigenvalue weighted by Gasteiger charge is 2.28. The first-order valence-electron chi connectivity index (χ1n) is 10.2. The van der Waals surface area contributed by atoms with E-state index in [1.165, 1.54) is 5.56 Å². The summed E-state index contributed by atoms with van der Waals surface area (Å²) in [7, 11) is 4.06. The molecular formula is C24H29ClN4O. The van der Waals surface area contributed by atoms with Crippen molar-refractivity contribution in [2.75, 3.05) is 27.2 Å². The average molecular weight is 425 g/mol. The summed E-state index contributed by atoms with van der Waals surface area (Å²) in [6, 6.07) is 18.4. The number of hydrogen-bond acceptors (Lipinski definition) is 3. The molecule has 30 heavy (non-hydrogen) atoms. The van der Waals surface area contributed by atoms with Crippen LogP contribution in [0.2, 0.25) is 0 Å². The lowest BCUT2D eigenvalue weighted by molar-refractivity contribution is 0.0660. The topological polar surface area (TPSA) is 41.4 Å². The van der Waals surface area contributed by atoms with Gasteiger partial charge in [-0.3, -0.25) is 4.79 Å². The fourth-order valence-electron chi connectivity index (χ4n) is 3.91. The Labute approximate surface area is 184 Å². The van der Waals surface area contributed by atoms with Gasteiger partial charge >= 0.3 is 0 Å². The number of benzene rings is 2. The van der Waals surface area contributed by atoms with Crippen LogP contribution in [0.5, 0.6) is 0 Å². The van der Waals surface area contributed by atoms with Gasteiger partial charge in [0.05, 0.1) is 11.3 Å². The van der Waals surface area contributed by atoms with Gasteiger partial charge in [-0.25, -0.2) is 4.68 Å². The van der Waals surface area contributed by atoms with Gasteiger partial charge in [-0.1, -0.05) is 48.0 Å². The third-order valence-corrected chi connectivity index (χ3v) is 5.85. The van der Waals surface area contributed by atoms with Crippen LogP contribution in [0, 0.1) is 6.92 Å². The van der Waals surface area contributed by atoms with E-state index in [4.69, 9.17) is 5.10 Å². The first-order valence-corrected chi connectivity index (χ1v) is 10.2. The molecule has 0 N–H and O–H groups in total. The van der Waals surface area contributed by atoms with E-state index in [9.17, 15) is 4.79 Å². The predicted octanol–water partition coefficient (Wildman–Crippen LogP) is 4.44. The van der Waals surface area contributed by atoms with Crippen molar-refractivity contribution in [3.8, 4) is 16.9 Å². The van der Waals surface area contributed by atoms with E-state index in [0.29, 0.717) is 5.56 Å². The van der Waals surface area contributed by atoms with Crippen LogP contribution in [-0.4, -0.2) is 58.7 Å². The number of rotatable bonds is 4. The Bertz CT molecular complexity index is 976. The molecule has 1 fully saturated rings. The fourth-order valence-corrected chi connectivity index (χ4v) is 3.91. The number of amides is 1. The zero-order chi connectivity index (χ0) is 20.4. The van der Waals surface area contributed by atoms with E-state index in [0.717, 1.165) is 42.9 Å². The maximum atomic E-state index is 13.5. The van der Waals surface area contributed by atoms with Crippen molar-refractivity contribution in [1.29, 1.82) is 0 Å². The van der Waals surface area contributed by atoms with Crippen molar-refractivity contribution < 1.29 is 4.79 Å². The molecule has 0 spiro atoms. The Balaban J connectivity index is 0.00000256. The number of halogens is 1. The summed E-state index contributed by atoms with van der Waals surface area (Å²) < 4.78 is 1.81. The molecule has 0 bridgehead atoms. The summed E-state index contributed by atoms with van der Waals surface area (Å²) in [5.74, 6) is 0.0392. The first kappa shape index (κ1) is 22.1. The number of carbonyl (C=O) groups excluding carboxylic acids is 1. The number of carbonyl (C=O) groups is 1. The van der Waals surface area contributed by atoms with Crippen LogP contribution >= 0.6 is 12.4 Å². The van der Waals surface area contributed by atoms with Gasteiger partial charge in [0.15, 0.2) is 0 Å². The minimum Gasteiger partial charge on any atom is -0.339 e. The molecule has 3 aromatic rings. The molecule has 1 aliphatic heterocycles. The van der Waals surface area contributed by atoms with Crippen LogP contribution in [0.4, 0.5) is 0 Å². The summed E-state index contributed by atoms with van der Waals surface area (Å²) in [4.78, 5) is 17.7. The van der Waals surface area contributed by atoms with E-state index in [-0.39, 0.29) is 24.4 Å². The minimum absolute atomic E-state index is 0. The molecule has 158 valence electrons. The Kier molecular flexibility index (Phi) is 6.95. The fraction of sp³-hybridized carbons (Fsp3) is 0.333. The lowest BCUT2D eigenvalue weighted by atomic mass is 10.0. The highest BCUT2D eigenvalue weighted by Crippen LogP contribution is 2.27. The maximum absolute atomic E-state index is 13.5. The van der Waals surface area contributed by atoms with Crippen LogP contribution < -0.4 is 0 Å². The molecule has 2 aromatic carbocycles. The number of aryl methyl sites for hydroxylation is 1. The molecule has 0 saturated carbocycles. The average Bonchev–Trinajstić information content (AvgIpc) is 3.20. The van der Waals surface area contributed by atoms with Crippen LogP contribution in [0.3, 0.4) is 0 Å². The number of hydrogen-bond donors (Lipinski definition) is 0. The molecule has 5 nitrogen and oxygen atoms in total. The smallest absolute Gasteiger partial charge is 0.257 e. The molecule has 0 aliphatic carbocycles. The normalized spacial score (nSPS) is 14.9. The van der Waals surface area contributed by atoms with Gasteiger partial charge in [-0.05, 0) is 52.0 Å².